The Hall–Kier alpha value is -3.40. The van der Waals surface area contributed by atoms with Gasteiger partial charge in [-0.1, -0.05) is 12.8 Å². The number of rotatable bonds is 4. The largest absolute Gasteiger partial charge is 0.482 e. The predicted octanol–water partition coefficient (Wildman–Crippen LogP) is 2.01. The van der Waals surface area contributed by atoms with Crippen LogP contribution in [0.3, 0.4) is 0 Å². The average molecular weight is 324 g/mol. The smallest absolute Gasteiger partial charge is 0.341 e. The summed E-state index contributed by atoms with van der Waals surface area (Å²) in [6.45, 7) is -0.350. The van der Waals surface area contributed by atoms with E-state index >= 15 is 0 Å². The van der Waals surface area contributed by atoms with E-state index in [0.717, 1.165) is 11.3 Å². The Kier molecular flexibility index (Phi) is 7.31. The van der Waals surface area contributed by atoms with Crippen LogP contribution in [0.15, 0.2) is 29.6 Å². The highest BCUT2D eigenvalue weighted by atomic mass is 32.1. The number of nitrogens with zero attached hydrogens (tertiary/aromatic N) is 1. The topological polar surface area (TPSA) is 71.5 Å². The molecule has 0 amide bonds. The molecule has 0 unspecified atom stereocenters. The van der Waals surface area contributed by atoms with E-state index in [4.69, 9.17) is 16.3 Å². The maximum Gasteiger partial charge on any atom is 0.341 e. The number of aromatic nitrogens is 1. The fourth-order valence-electron chi connectivity index (χ4n) is 1.38. The number of terminal acetylenes is 3. The van der Waals surface area contributed by atoms with Crippen LogP contribution in [0.4, 0.5) is 0 Å². The third-order valence-electron chi connectivity index (χ3n) is 2.28. The number of nitrogens with one attached hydrogen (secondary N) is 1. The Morgan fingerprint density at radius 3 is 2.35 bits per heavy atom. The van der Waals surface area contributed by atoms with E-state index in [2.05, 4.69) is 29.1 Å². The first-order chi connectivity index (χ1) is 11.1. The molecule has 1 aromatic heterocycles. The van der Waals surface area contributed by atoms with Gasteiger partial charge in [0.25, 0.3) is 0 Å². The zero-order valence-corrected chi connectivity index (χ0v) is 12.8. The molecular weight excluding hydrogens is 312 g/mol. The van der Waals surface area contributed by atoms with Crippen molar-refractivity contribution in [2.75, 3.05) is 6.61 Å². The van der Waals surface area contributed by atoms with E-state index in [1.165, 1.54) is 11.3 Å². The van der Waals surface area contributed by atoms with E-state index in [1.54, 1.807) is 12.1 Å². The molecular formula is C17H12N2O3S. The van der Waals surface area contributed by atoms with Crippen molar-refractivity contribution >= 4 is 17.3 Å². The standard InChI is InChI=1S/C13H9NO3S.C4H3N/c1-2-12-14-11(8-18-12)9-3-5-10(6-4-9)17-7-13(15)16;1-3-5-4-2/h1,3-6,8H,7H2,(H,15,16);1-2,5H. The second-order valence-corrected chi connectivity index (χ2v) is 4.66. The van der Waals surface area contributed by atoms with Gasteiger partial charge in [0.1, 0.15) is 5.75 Å². The highest BCUT2D eigenvalue weighted by Crippen LogP contribution is 2.23. The molecule has 5 nitrogen and oxygen atoms in total. The molecule has 0 saturated heterocycles. The molecule has 0 fully saturated rings. The van der Waals surface area contributed by atoms with Crippen molar-refractivity contribution in [3.8, 4) is 54.3 Å². The zero-order valence-electron chi connectivity index (χ0n) is 11.9. The molecule has 0 aliphatic rings. The lowest BCUT2D eigenvalue weighted by Gasteiger charge is -2.03. The summed E-state index contributed by atoms with van der Waals surface area (Å²) in [6, 6.07) is 11.1. The van der Waals surface area contributed by atoms with Crippen LogP contribution in [0.1, 0.15) is 5.01 Å². The SMILES string of the molecule is C#CNC#C.C#Cc1nc(-c2ccc(OCC(=O)O)cc2)cs1. The molecule has 6 heteroatoms. The first-order valence-corrected chi connectivity index (χ1v) is 7.02. The van der Waals surface area contributed by atoms with Gasteiger partial charge in [0, 0.05) is 23.0 Å². The lowest BCUT2D eigenvalue weighted by atomic mass is 10.2. The van der Waals surface area contributed by atoms with Crippen molar-refractivity contribution in [1.82, 2.24) is 10.3 Å². The van der Waals surface area contributed by atoms with Crippen molar-refractivity contribution in [2.24, 2.45) is 0 Å². The molecule has 0 saturated carbocycles. The number of hydrogen-bond acceptors (Lipinski definition) is 5. The van der Waals surface area contributed by atoms with E-state index < -0.39 is 5.97 Å². The first-order valence-electron chi connectivity index (χ1n) is 6.14. The van der Waals surface area contributed by atoms with Gasteiger partial charge in [0.2, 0.25) is 0 Å². The van der Waals surface area contributed by atoms with Crippen LogP contribution < -0.4 is 10.1 Å². The van der Waals surface area contributed by atoms with Gasteiger partial charge in [-0.25, -0.2) is 9.78 Å². The van der Waals surface area contributed by atoms with Gasteiger partial charge in [-0.2, -0.15) is 0 Å². The zero-order chi connectivity index (χ0) is 17.1. The first kappa shape index (κ1) is 17.7. The monoisotopic (exact) mass is 324 g/mol. The summed E-state index contributed by atoms with van der Waals surface area (Å²) in [5, 5.41) is 13.2. The van der Waals surface area contributed by atoms with Crippen LogP contribution in [0.5, 0.6) is 5.75 Å². The predicted molar refractivity (Wildman–Crippen MR) is 89.4 cm³/mol. The number of carbonyl (C=O) groups is 1. The minimum atomic E-state index is -1.00. The Morgan fingerprint density at radius 1 is 1.26 bits per heavy atom. The minimum absolute atomic E-state index is 0.350. The fraction of sp³-hybridized carbons (Fsp3) is 0.0588. The third kappa shape index (κ3) is 6.27. The van der Waals surface area contributed by atoms with Crippen molar-refractivity contribution in [3.05, 3.63) is 34.7 Å². The molecule has 2 rings (SSSR count). The number of hydrogen-bond donors (Lipinski definition) is 2. The molecule has 114 valence electrons. The van der Waals surface area contributed by atoms with E-state index in [-0.39, 0.29) is 6.61 Å². The summed E-state index contributed by atoms with van der Waals surface area (Å²) in [5.74, 6) is 1.98. The van der Waals surface area contributed by atoms with Gasteiger partial charge in [0.15, 0.2) is 11.6 Å². The molecule has 0 aliphatic heterocycles. The summed E-state index contributed by atoms with van der Waals surface area (Å²) in [6.07, 6.45) is 14.5. The molecule has 0 atom stereocenters. The summed E-state index contributed by atoms with van der Waals surface area (Å²) in [5.41, 5.74) is 1.72. The van der Waals surface area contributed by atoms with Gasteiger partial charge in [0.05, 0.1) is 5.69 Å². The Labute approximate surface area is 138 Å². The van der Waals surface area contributed by atoms with E-state index in [1.807, 2.05) is 29.6 Å². The van der Waals surface area contributed by atoms with Crippen molar-refractivity contribution in [1.29, 1.82) is 0 Å². The molecule has 1 heterocycles. The number of ether oxygens (including phenoxy) is 1. The molecule has 0 spiro atoms. The maximum absolute atomic E-state index is 10.3. The summed E-state index contributed by atoms with van der Waals surface area (Å²) in [7, 11) is 0. The second kappa shape index (κ2) is 9.52. The van der Waals surface area contributed by atoms with Crippen molar-refractivity contribution in [2.45, 2.75) is 0 Å². The third-order valence-corrected chi connectivity index (χ3v) is 3.06. The van der Waals surface area contributed by atoms with Crippen molar-refractivity contribution in [3.63, 3.8) is 0 Å². The molecule has 2 aromatic rings. The van der Waals surface area contributed by atoms with Crippen LogP contribution >= 0.6 is 11.3 Å². The maximum atomic E-state index is 10.3. The number of carboxylic acid groups (broad SMARTS) is 1. The van der Waals surface area contributed by atoms with Gasteiger partial charge >= 0.3 is 5.97 Å². The van der Waals surface area contributed by atoms with Gasteiger partial charge in [-0.05, 0) is 30.2 Å². The Morgan fingerprint density at radius 2 is 1.91 bits per heavy atom. The van der Waals surface area contributed by atoms with Gasteiger partial charge in [-0.3, -0.25) is 5.32 Å². The van der Waals surface area contributed by atoms with Gasteiger partial charge in [-0.15, -0.1) is 17.8 Å². The van der Waals surface area contributed by atoms with Crippen LogP contribution in [-0.4, -0.2) is 22.7 Å². The van der Waals surface area contributed by atoms with Crippen molar-refractivity contribution < 1.29 is 14.6 Å². The van der Waals surface area contributed by atoms with E-state index in [9.17, 15) is 4.79 Å². The molecule has 2 N–H and O–H groups in total. The minimum Gasteiger partial charge on any atom is -0.482 e. The number of thiazole rings is 1. The molecule has 0 bridgehead atoms. The Bertz CT molecular complexity index is 762. The second-order valence-electron chi connectivity index (χ2n) is 3.80. The van der Waals surface area contributed by atoms with Crippen LogP contribution in [0.2, 0.25) is 0 Å². The van der Waals surface area contributed by atoms with Gasteiger partial charge < -0.3 is 9.84 Å². The highest BCUT2D eigenvalue weighted by molar-refractivity contribution is 7.10. The molecule has 0 aliphatic carbocycles. The van der Waals surface area contributed by atoms with Crippen LogP contribution in [0, 0.1) is 37.3 Å². The quantitative estimate of drug-likeness (QED) is 0.665. The average Bonchev–Trinajstić information content (AvgIpc) is 3.04. The number of benzene rings is 1. The highest BCUT2D eigenvalue weighted by Gasteiger charge is 2.04. The summed E-state index contributed by atoms with van der Waals surface area (Å²) < 4.78 is 5.03. The number of aliphatic carboxylic acids is 1. The molecule has 0 radical (unpaired) electrons. The lowest BCUT2D eigenvalue weighted by molar-refractivity contribution is -0.139. The molecule has 23 heavy (non-hydrogen) atoms. The number of carboxylic acids is 1. The summed E-state index contributed by atoms with van der Waals surface area (Å²) in [4.78, 5) is 14.6. The summed E-state index contributed by atoms with van der Waals surface area (Å²) >= 11 is 1.41. The van der Waals surface area contributed by atoms with E-state index in [0.29, 0.717) is 10.8 Å². The molecule has 1 aromatic carbocycles. The Balaban J connectivity index is 0.000000463. The normalized spacial score (nSPS) is 8.39. The lowest BCUT2D eigenvalue weighted by Crippen LogP contribution is -2.09. The van der Waals surface area contributed by atoms with Crippen LogP contribution in [0.25, 0.3) is 11.3 Å². The fourth-order valence-corrected chi connectivity index (χ4v) is 2.01. The van der Waals surface area contributed by atoms with Crippen LogP contribution in [-0.2, 0) is 4.79 Å².